The maximum Gasteiger partial charge on any atom is 0.187 e. The van der Waals surface area contributed by atoms with E-state index in [-0.39, 0.29) is 6.61 Å². The van der Waals surface area contributed by atoms with E-state index in [2.05, 4.69) is 0 Å². The zero-order valence-corrected chi connectivity index (χ0v) is 9.94. The summed E-state index contributed by atoms with van der Waals surface area (Å²) in [5, 5.41) is 56.7. The van der Waals surface area contributed by atoms with Gasteiger partial charge in [0.15, 0.2) is 12.6 Å². The molecule has 19 heavy (non-hydrogen) atoms. The Hall–Kier alpha value is -0.360. The molecule has 2 aliphatic rings. The highest BCUT2D eigenvalue weighted by Gasteiger charge is 2.47. The third-order valence-electron chi connectivity index (χ3n) is 3.24. The summed E-state index contributed by atoms with van der Waals surface area (Å²) in [7, 11) is 0. The Bertz CT molecular complexity index is 289. The van der Waals surface area contributed by atoms with Crippen molar-refractivity contribution in [3.05, 3.63) is 0 Å². The molecule has 9 heteroatoms. The minimum atomic E-state index is -1.59. The zero-order valence-electron chi connectivity index (χ0n) is 9.94. The van der Waals surface area contributed by atoms with Crippen LogP contribution in [0.3, 0.4) is 0 Å². The summed E-state index contributed by atoms with van der Waals surface area (Å²) in [4.78, 5) is 0. The van der Waals surface area contributed by atoms with E-state index in [4.69, 9.17) is 19.3 Å². The van der Waals surface area contributed by atoms with Gasteiger partial charge in [-0.2, -0.15) is 0 Å². The summed E-state index contributed by atoms with van der Waals surface area (Å²) >= 11 is 0. The molecule has 2 heterocycles. The van der Waals surface area contributed by atoms with Crippen molar-refractivity contribution < 1.29 is 44.8 Å². The van der Waals surface area contributed by atoms with E-state index in [9.17, 15) is 25.5 Å². The number of hydrogen-bond donors (Lipinski definition) is 6. The van der Waals surface area contributed by atoms with Gasteiger partial charge in [0.25, 0.3) is 0 Å². The first-order valence-corrected chi connectivity index (χ1v) is 5.89. The van der Waals surface area contributed by atoms with Crippen molar-refractivity contribution in [3.8, 4) is 0 Å². The van der Waals surface area contributed by atoms with E-state index in [1.165, 1.54) is 0 Å². The Morgan fingerprint density at radius 1 is 1.00 bits per heavy atom. The molecule has 2 saturated heterocycles. The van der Waals surface area contributed by atoms with Gasteiger partial charge in [-0.15, -0.1) is 0 Å². The second kappa shape index (κ2) is 5.95. The van der Waals surface area contributed by atoms with Crippen LogP contribution in [-0.4, -0.2) is 93.1 Å². The highest BCUT2D eigenvalue weighted by Crippen LogP contribution is 2.26. The normalized spacial score (nSPS) is 51.5. The van der Waals surface area contributed by atoms with E-state index in [1.807, 2.05) is 0 Å². The molecule has 0 aliphatic carbocycles. The molecule has 2 aliphatic heterocycles. The molecule has 0 aromatic carbocycles. The van der Waals surface area contributed by atoms with E-state index in [1.54, 1.807) is 0 Å². The Labute approximate surface area is 108 Å². The fraction of sp³-hybridized carbons (Fsp3) is 1.00. The molecule has 8 atom stereocenters. The smallest absolute Gasteiger partial charge is 0.187 e. The van der Waals surface area contributed by atoms with Crippen LogP contribution < -0.4 is 0 Å². The summed E-state index contributed by atoms with van der Waals surface area (Å²) in [5.74, 6) is 0. The van der Waals surface area contributed by atoms with Crippen molar-refractivity contribution in [1.82, 2.24) is 0 Å². The predicted octanol–water partition coefficient (Wildman–Crippen LogP) is -4.12. The van der Waals surface area contributed by atoms with E-state index < -0.39 is 55.8 Å². The molecule has 6 N–H and O–H groups in total. The average Bonchev–Trinajstić information content (AvgIpc) is 2.70. The second-order valence-corrected chi connectivity index (χ2v) is 4.59. The zero-order chi connectivity index (χ0) is 14.2. The molecule has 112 valence electrons. The molecular weight excluding hydrogens is 264 g/mol. The first kappa shape index (κ1) is 15.0. The van der Waals surface area contributed by atoms with Crippen LogP contribution in [0.25, 0.3) is 0 Å². The maximum atomic E-state index is 9.71. The Morgan fingerprint density at radius 3 is 2.21 bits per heavy atom. The summed E-state index contributed by atoms with van der Waals surface area (Å²) in [6, 6.07) is 0. The van der Waals surface area contributed by atoms with Gasteiger partial charge in [0.2, 0.25) is 0 Å². The van der Waals surface area contributed by atoms with Gasteiger partial charge in [0, 0.05) is 0 Å². The molecule has 2 fully saturated rings. The minimum Gasteiger partial charge on any atom is -0.394 e. The Morgan fingerprint density at radius 2 is 1.68 bits per heavy atom. The molecule has 0 amide bonds. The molecule has 0 aromatic rings. The van der Waals surface area contributed by atoms with Crippen molar-refractivity contribution in [2.24, 2.45) is 0 Å². The molecule has 2 rings (SSSR count). The quantitative estimate of drug-likeness (QED) is 0.303. The van der Waals surface area contributed by atoms with Crippen molar-refractivity contribution >= 4 is 0 Å². The van der Waals surface area contributed by atoms with E-state index in [0.717, 1.165) is 0 Å². The summed E-state index contributed by atoms with van der Waals surface area (Å²) < 4.78 is 15.0. The standard InChI is InChI=1S/C10H18O9/c11-1-4-5(13)6(14)7(15)10(18-4)19-8-3(12)2-17-9(8)16/h3-16H,1-2H2/t3-,4-,5-,6+,7-,8-,9-,10+/m1/s1. The lowest BCUT2D eigenvalue weighted by molar-refractivity contribution is -0.324. The SMILES string of the molecule is OC[C@H]1O[C@@H](O[C@@H]2[C@H](O)CO[C@H]2O)[C@H](O)[C@@H](O)[C@@H]1O. The monoisotopic (exact) mass is 282 g/mol. The Kier molecular flexibility index (Phi) is 4.71. The minimum absolute atomic E-state index is 0.136. The highest BCUT2D eigenvalue weighted by molar-refractivity contribution is 4.90. The fourth-order valence-corrected chi connectivity index (χ4v) is 2.07. The summed E-state index contributed by atoms with van der Waals surface area (Å²) in [6.07, 6.45) is -10.8. The number of ether oxygens (including phenoxy) is 3. The van der Waals surface area contributed by atoms with E-state index >= 15 is 0 Å². The number of rotatable bonds is 3. The molecular formula is C10H18O9. The van der Waals surface area contributed by atoms with Crippen molar-refractivity contribution in [2.75, 3.05) is 13.2 Å². The fourth-order valence-electron chi connectivity index (χ4n) is 2.07. The van der Waals surface area contributed by atoms with Gasteiger partial charge in [0.05, 0.1) is 13.2 Å². The molecule has 0 spiro atoms. The molecule has 0 radical (unpaired) electrons. The number of hydrogen-bond acceptors (Lipinski definition) is 9. The second-order valence-electron chi connectivity index (χ2n) is 4.59. The number of aliphatic hydroxyl groups excluding tert-OH is 6. The van der Waals surface area contributed by atoms with Crippen LogP contribution in [0.5, 0.6) is 0 Å². The van der Waals surface area contributed by atoms with Crippen LogP contribution in [0.2, 0.25) is 0 Å². The van der Waals surface area contributed by atoms with Gasteiger partial charge in [-0.25, -0.2) is 0 Å². The van der Waals surface area contributed by atoms with Gasteiger partial charge in [-0.05, 0) is 0 Å². The van der Waals surface area contributed by atoms with Gasteiger partial charge in [-0.1, -0.05) is 0 Å². The van der Waals surface area contributed by atoms with Crippen molar-refractivity contribution in [2.45, 2.75) is 49.2 Å². The van der Waals surface area contributed by atoms with Crippen LogP contribution in [-0.2, 0) is 14.2 Å². The third-order valence-corrected chi connectivity index (χ3v) is 3.24. The molecule has 0 saturated carbocycles. The summed E-state index contributed by atoms with van der Waals surface area (Å²) in [5.41, 5.74) is 0. The molecule has 0 bridgehead atoms. The lowest BCUT2D eigenvalue weighted by Gasteiger charge is -2.40. The number of aliphatic hydroxyl groups is 6. The predicted molar refractivity (Wildman–Crippen MR) is 56.6 cm³/mol. The Balaban J connectivity index is 2.02. The lowest BCUT2D eigenvalue weighted by Crippen LogP contribution is -2.60. The van der Waals surface area contributed by atoms with Crippen LogP contribution in [0, 0.1) is 0 Å². The third kappa shape index (κ3) is 2.89. The first-order chi connectivity index (χ1) is 8.95. The van der Waals surface area contributed by atoms with Gasteiger partial charge in [0.1, 0.15) is 36.6 Å². The molecule has 9 nitrogen and oxygen atoms in total. The van der Waals surface area contributed by atoms with Crippen LogP contribution in [0.1, 0.15) is 0 Å². The van der Waals surface area contributed by atoms with Crippen LogP contribution in [0.4, 0.5) is 0 Å². The highest BCUT2D eigenvalue weighted by atomic mass is 16.7. The molecule has 0 unspecified atom stereocenters. The first-order valence-electron chi connectivity index (χ1n) is 5.89. The maximum absolute atomic E-state index is 9.71. The average molecular weight is 282 g/mol. The van der Waals surface area contributed by atoms with Gasteiger partial charge >= 0.3 is 0 Å². The topological polar surface area (TPSA) is 149 Å². The molecule has 0 aromatic heterocycles. The van der Waals surface area contributed by atoms with Crippen LogP contribution >= 0.6 is 0 Å². The van der Waals surface area contributed by atoms with Crippen LogP contribution in [0.15, 0.2) is 0 Å². The van der Waals surface area contributed by atoms with Crippen molar-refractivity contribution in [1.29, 1.82) is 0 Å². The van der Waals surface area contributed by atoms with Crippen molar-refractivity contribution in [3.63, 3.8) is 0 Å². The van der Waals surface area contributed by atoms with E-state index in [0.29, 0.717) is 0 Å². The van der Waals surface area contributed by atoms with Gasteiger partial charge in [-0.3, -0.25) is 0 Å². The summed E-state index contributed by atoms with van der Waals surface area (Å²) in [6.45, 7) is -0.722. The largest absolute Gasteiger partial charge is 0.394 e. The lowest BCUT2D eigenvalue weighted by atomic mass is 9.99. The van der Waals surface area contributed by atoms with Gasteiger partial charge < -0.3 is 44.8 Å².